The molecule has 4 nitrogen and oxygen atoms in total. The molecule has 0 aliphatic carbocycles. The monoisotopic (exact) mass is 277 g/mol. The van der Waals surface area contributed by atoms with Gasteiger partial charge in [-0.3, -0.25) is 9.59 Å². The molecule has 0 spiro atoms. The summed E-state index contributed by atoms with van der Waals surface area (Å²) in [7, 11) is 1.61. The lowest BCUT2D eigenvalue weighted by Gasteiger charge is -2.15. The number of hydrogen-bond acceptors (Lipinski definition) is 3. The van der Waals surface area contributed by atoms with Gasteiger partial charge in [0.25, 0.3) is 0 Å². The van der Waals surface area contributed by atoms with Crippen molar-refractivity contribution in [2.75, 3.05) is 13.7 Å². The lowest BCUT2D eigenvalue weighted by molar-refractivity contribution is -0.122. The van der Waals surface area contributed by atoms with E-state index in [1.165, 1.54) is 0 Å². The third-order valence-corrected chi connectivity index (χ3v) is 3.18. The van der Waals surface area contributed by atoms with E-state index in [0.717, 1.165) is 12.0 Å². The van der Waals surface area contributed by atoms with Crippen LogP contribution in [-0.4, -0.2) is 31.4 Å². The molecule has 1 unspecified atom stereocenters. The van der Waals surface area contributed by atoms with Gasteiger partial charge in [0.2, 0.25) is 5.91 Å². The van der Waals surface area contributed by atoms with Crippen LogP contribution >= 0.6 is 0 Å². The molecule has 0 saturated heterocycles. The van der Waals surface area contributed by atoms with Crippen molar-refractivity contribution >= 4 is 11.7 Å². The highest BCUT2D eigenvalue weighted by atomic mass is 16.5. The van der Waals surface area contributed by atoms with Crippen LogP contribution < -0.4 is 5.32 Å². The van der Waals surface area contributed by atoms with Crippen molar-refractivity contribution in [3.63, 3.8) is 0 Å². The molecule has 110 valence electrons. The predicted octanol–water partition coefficient (Wildman–Crippen LogP) is 2.50. The van der Waals surface area contributed by atoms with Crippen LogP contribution in [0.5, 0.6) is 0 Å². The second-order valence-electron chi connectivity index (χ2n) is 4.92. The smallest absolute Gasteiger partial charge is 0.220 e. The van der Waals surface area contributed by atoms with Crippen LogP contribution in [0.3, 0.4) is 0 Å². The molecule has 1 aromatic carbocycles. The van der Waals surface area contributed by atoms with Crippen LogP contribution in [0.15, 0.2) is 24.3 Å². The van der Waals surface area contributed by atoms with E-state index in [0.29, 0.717) is 12.2 Å². The van der Waals surface area contributed by atoms with Crippen LogP contribution in [0.1, 0.15) is 42.1 Å². The van der Waals surface area contributed by atoms with Crippen molar-refractivity contribution in [3.05, 3.63) is 35.4 Å². The van der Waals surface area contributed by atoms with Gasteiger partial charge < -0.3 is 10.1 Å². The first kappa shape index (κ1) is 16.4. The summed E-state index contributed by atoms with van der Waals surface area (Å²) in [5.74, 6) is -0.102. The van der Waals surface area contributed by atoms with Gasteiger partial charge in [-0.15, -0.1) is 0 Å². The number of carbonyl (C=O) groups excluding carboxylic acids is 2. The maximum Gasteiger partial charge on any atom is 0.220 e. The Morgan fingerprint density at radius 1 is 1.20 bits per heavy atom. The Bertz CT molecular complexity index is 440. The molecule has 20 heavy (non-hydrogen) atoms. The molecular weight excluding hydrogens is 254 g/mol. The molecule has 4 heteroatoms. The van der Waals surface area contributed by atoms with Crippen molar-refractivity contribution in [1.29, 1.82) is 0 Å². The summed E-state index contributed by atoms with van der Waals surface area (Å²) < 4.78 is 5.02. The zero-order valence-corrected chi connectivity index (χ0v) is 12.4. The number of amides is 1. The molecule has 0 aromatic heterocycles. The third-order valence-electron chi connectivity index (χ3n) is 3.18. The van der Waals surface area contributed by atoms with Gasteiger partial charge in [0.1, 0.15) is 0 Å². The highest BCUT2D eigenvalue weighted by Crippen LogP contribution is 2.07. The van der Waals surface area contributed by atoms with E-state index in [2.05, 4.69) is 5.32 Å². The van der Waals surface area contributed by atoms with Crippen LogP contribution in [-0.2, 0) is 9.53 Å². The summed E-state index contributed by atoms with van der Waals surface area (Å²) in [5, 5.41) is 2.87. The number of nitrogens with one attached hydrogen (secondary N) is 1. The number of hydrogen-bond donors (Lipinski definition) is 1. The Hall–Kier alpha value is -1.68. The molecule has 0 heterocycles. The first-order chi connectivity index (χ1) is 9.56. The molecule has 0 bridgehead atoms. The molecule has 1 aromatic rings. The quantitative estimate of drug-likeness (QED) is 0.743. The Labute approximate surface area is 120 Å². The molecule has 0 aliphatic rings. The van der Waals surface area contributed by atoms with Crippen LogP contribution in [0.4, 0.5) is 0 Å². The standard InChI is InChI=1S/C16H23NO3/c1-4-14(11-20-3)17-16(19)10-9-15(18)13-7-5-12(2)6-8-13/h5-8,14H,4,9-11H2,1-3H3,(H,17,19). The van der Waals surface area contributed by atoms with Crippen molar-refractivity contribution in [3.8, 4) is 0 Å². The number of rotatable bonds is 8. The Kier molecular flexibility index (Phi) is 6.94. The summed E-state index contributed by atoms with van der Waals surface area (Å²) in [6.07, 6.45) is 1.26. The van der Waals surface area contributed by atoms with Crippen LogP contribution in [0.25, 0.3) is 0 Å². The molecule has 0 saturated carbocycles. The second kappa shape index (κ2) is 8.48. The molecule has 1 N–H and O–H groups in total. The first-order valence-corrected chi connectivity index (χ1v) is 6.95. The van der Waals surface area contributed by atoms with Gasteiger partial charge >= 0.3 is 0 Å². The van der Waals surface area contributed by atoms with E-state index in [-0.39, 0.29) is 30.6 Å². The third kappa shape index (κ3) is 5.53. The average molecular weight is 277 g/mol. The van der Waals surface area contributed by atoms with Gasteiger partial charge in [0, 0.05) is 25.5 Å². The van der Waals surface area contributed by atoms with Crippen molar-refractivity contribution in [1.82, 2.24) is 5.32 Å². The van der Waals surface area contributed by atoms with Crippen LogP contribution in [0.2, 0.25) is 0 Å². The van der Waals surface area contributed by atoms with Gasteiger partial charge in [0.15, 0.2) is 5.78 Å². The molecule has 1 rings (SSSR count). The molecule has 1 atom stereocenters. The zero-order chi connectivity index (χ0) is 15.0. The number of methoxy groups -OCH3 is 1. The molecule has 0 radical (unpaired) electrons. The fourth-order valence-electron chi connectivity index (χ4n) is 1.87. The topological polar surface area (TPSA) is 55.4 Å². The summed E-state index contributed by atoms with van der Waals surface area (Å²) in [6, 6.07) is 7.42. The predicted molar refractivity (Wildman–Crippen MR) is 78.8 cm³/mol. The number of Topliss-reactive ketones (excluding diaryl/α,β-unsaturated/α-hetero) is 1. The van der Waals surface area contributed by atoms with E-state index >= 15 is 0 Å². The molecule has 1 amide bonds. The largest absolute Gasteiger partial charge is 0.383 e. The van der Waals surface area contributed by atoms with Gasteiger partial charge in [-0.1, -0.05) is 36.8 Å². The second-order valence-corrected chi connectivity index (χ2v) is 4.92. The van der Waals surface area contributed by atoms with E-state index in [1.54, 1.807) is 19.2 Å². The van der Waals surface area contributed by atoms with Gasteiger partial charge in [0.05, 0.1) is 12.6 Å². The first-order valence-electron chi connectivity index (χ1n) is 6.95. The van der Waals surface area contributed by atoms with Crippen molar-refractivity contribution < 1.29 is 14.3 Å². The zero-order valence-electron chi connectivity index (χ0n) is 12.4. The summed E-state index contributed by atoms with van der Waals surface area (Å²) in [6.45, 7) is 4.46. The van der Waals surface area contributed by atoms with Gasteiger partial charge in [-0.25, -0.2) is 0 Å². The molecule has 0 aliphatic heterocycles. The maximum atomic E-state index is 11.9. The Morgan fingerprint density at radius 2 is 1.85 bits per heavy atom. The average Bonchev–Trinajstić information content (AvgIpc) is 2.45. The summed E-state index contributed by atoms with van der Waals surface area (Å²) >= 11 is 0. The fraction of sp³-hybridized carbons (Fsp3) is 0.500. The van der Waals surface area contributed by atoms with E-state index in [9.17, 15) is 9.59 Å². The highest BCUT2D eigenvalue weighted by molar-refractivity contribution is 5.97. The van der Waals surface area contributed by atoms with E-state index in [4.69, 9.17) is 4.74 Å². The van der Waals surface area contributed by atoms with Crippen molar-refractivity contribution in [2.45, 2.75) is 39.2 Å². The number of ketones is 1. The normalized spacial score (nSPS) is 11.9. The summed E-state index contributed by atoms with van der Waals surface area (Å²) in [5.41, 5.74) is 1.77. The minimum Gasteiger partial charge on any atom is -0.383 e. The highest BCUT2D eigenvalue weighted by Gasteiger charge is 2.12. The number of carbonyl (C=O) groups is 2. The lowest BCUT2D eigenvalue weighted by Crippen LogP contribution is -2.37. The van der Waals surface area contributed by atoms with E-state index < -0.39 is 0 Å². The maximum absolute atomic E-state index is 11.9. The van der Waals surface area contributed by atoms with Crippen LogP contribution in [0, 0.1) is 6.92 Å². The Balaban J connectivity index is 2.40. The van der Waals surface area contributed by atoms with Gasteiger partial charge in [-0.05, 0) is 13.3 Å². The van der Waals surface area contributed by atoms with Gasteiger partial charge in [-0.2, -0.15) is 0 Å². The lowest BCUT2D eigenvalue weighted by atomic mass is 10.0. The summed E-state index contributed by atoms with van der Waals surface area (Å²) in [4.78, 5) is 23.7. The SMILES string of the molecule is CCC(COC)NC(=O)CCC(=O)c1ccc(C)cc1. The Morgan fingerprint density at radius 3 is 2.40 bits per heavy atom. The number of aryl methyl sites for hydroxylation is 1. The minimum absolute atomic E-state index is 0.0000556. The fourth-order valence-corrected chi connectivity index (χ4v) is 1.87. The number of benzene rings is 1. The van der Waals surface area contributed by atoms with E-state index in [1.807, 2.05) is 26.0 Å². The number of ether oxygens (including phenoxy) is 1. The molecular formula is C16H23NO3. The minimum atomic E-state index is -0.102. The van der Waals surface area contributed by atoms with Crippen molar-refractivity contribution in [2.24, 2.45) is 0 Å². The molecule has 0 fully saturated rings.